The van der Waals surface area contributed by atoms with Gasteiger partial charge >= 0.3 is 6.03 Å². The monoisotopic (exact) mass is 313 g/mol. The van der Waals surface area contributed by atoms with Crippen molar-refractivity contribution in [2.24, 2.45) is 0 Å². The Bertz CT molecular complexity index is 747. The number of aromatic nitrogens is 4. The average molecular weight is 313 g/mol. The predicted octanol–water partition coefficient (Wildman–Crippen LogP) is 2.14. The summed E-state index contributed by atoms with van der Waals surface area (Å²) in [4.78, 5) is 19.9. The van der Waals surface area contributed by atoms with Crippen LogP contribution in [0.4, 0.5) is 15.7 Å². The van der Waals surface area contributed by atoms with Crippen molar-refractivity contribution in [3.05, 3.63) is 48.8 Å². The highest BCUT2D eigenvalue weighted by Gasteiger charge is 2.09. The molecule has 0 fully saturated rings. The van der Waals surface area contributed by atoms with Gasteiger partial charge in [0.05, 0.1) is 0 Å². The maximum Gasteiger partial charge on any atom is 0.339 e. The highest BCUT2D eigenvalue weighted by atomic mass is 32.1. The predicted molar refractivity (Wildman–Crippen MR) is 83.2 cm³/mol. The number of pyridine rings is 2. The van der Waals surface area contributed by atoms with Crippen LogP contribution in [-0.2, 0) is 0 Å². The summed E-state index contributed by atoms with van der Waals surface area (Å²) in [6.45, 7) is 0. The van der Waals surface area contributed by atoms with Crippen LogP contribution in [0.1, 0.15) is 0 Å². The molecule has 3 N–H and O–H groups in total. The molecule has 22 heavy (non-hydrogen) atoms. The lowest BCUT2D eigenvalue weighted by Gasteiger charge is -2.06. The van der Waals surface area contributed by atoms with Gasteiger partial charge in [-0.1, -0.05) is 23.5 Å². The molecule has 0 saturated heterocycles. The Morgan fingerprint density at radius 3 is 2.55 bits per heavy atom. The van der Waals surface area contributed by atoms with Crippen LogP contribution in [0.25, 0.3) is 10.7 Å². The van der Waals surface area contributed by atoms with Crippen LogP contribution in [0.2, 0.25) is 0 Å². The number of urea groups is 1. The standard InChI is InChI=1S/C13H11N7OS/c21-12(19-17-10-6-2-4-8-15-10)16-13-20-18-11(22-13)9-5-1-3-7-14-9/h1-8H,(H,15,17)(H2,16,19,20,21). The van der Waals surface area contributed by atoms with Crippen molar-refractivity contribution in [3.8, 4) is 10.7 Å². The molecule has 0 spiro atoms. The maximum atomic E-state index is 11.7. The summed E-state index contributed by atoms with van der Waals surface area (Å²) < 4.78 is 0. The van der Waals surface area contributed by atoms with Crippen molar-refractivity contribution in [1.29, 1.82) is 0 Å². The SMILES string of the molecule is O=C(NNc1ccccn1)Nc1nnc(-c2ccccn2)s1. The van der Waals surface area contributed by atoms with E-state index < -0.39 is 6.03 Å². The third-order valence-electron chi connectivity index (χ3n) is 2.50. The first-order chi connectivity index (χ1) is 10.8. The van der Waals surface area contributed by atoms with Crippen molar-refractivity contribution in [3.63, 3.8) is 0 Å². The molecule has 8 nitrogen and oxygen atoms in total. The van der Waals surface area contributed by atoms with E-state index in [4.69, 9.17) is 0 Å². The molecular formula is C13H11N7OS. The largest absolute Gasteiger partial charge is 0.339 e. The normalized spacial score (nSPS) is 10.0. The van der Waals surface area contributed by atoms with E-state index >= 15 is 0 Å². The van der Waals surface area contributed by atoms with E-state index in [0.717, 1.165) is 0 Å². The number of anilines is 2. The number of carbonyl (C=O) groups is 1. The van der Waals surface area contributed by atoms with E-state index in [1.54, 1.807) is 30.6 Å². The van der Waals surface area contributed by atoms with Gasteiger partial charge in [0.15, 0.2) is 5.01 Å². The zero-order chi connectivity index (χ0) is 15.2. The van der Waals surface area contributed by atoms with Crippen LogP contribution < -0.4 is 16.2 Å². The Morgan fingerprint density at radius 1 is 1.00 bits per heavy atom. The van der Waals surface area contributed by atoms with E-state index in [0.29, 0.717) is 21.7 Å². The van der Waals surface area contributed by atoms with E-state index in [9.17, 15) is 4.79 Å². The molecule has 110 valence electrons. The fraction of sp³-hybridized carbons (Fsp3) is 0. The Balaban J connectivity index is 1.57. The van der Waals surface area contributed by atoms with Gasteiger partial charge < -0.3 is 0 Å². The van der Waals surface area contributed by atoms with E-state index in [1.165, 1.54) is 11.3 Å². The fourth-order valence-electron chi connectivity index (χ4n) is 1.55. The summed E-state index contributed by atoms with van der Waals surface area (Å²) in [5.41, 5.74) is 5.84. The molecule has 0 aliphatic heterocycles. The second kappa shape index (κ2) is 6.59. The lowest BCUT2D eigenvalue weighted by molar-refractivity contribution is 0.254. The number of amides is 2. The summed E-state index contributed by atoms with van der Waals surface area (Å²) in [6, 6.07) is 10.4. The molecule has 0 aromatic carbocycles. The average Bonchev–Trinajstić information content (AvgIpc) is 3.03. The van der Waals surface area contributed by atoms with Gasteiger partial charge in [0.1, 0.15) is 11.5 Å². The van der Waals surface area contributed by atoms with Gasteiger partial charge in [-0.15, -0.1) is 10.2 Å². The van der Waals surface area contributed by atoms with Crippen molar-refractivity contribution in [2.45, 2.75) is 0 Å². The van der Waals surface area contributed by atoms with E-state index in [-0.39, 0.29) is 0 Å². The van der Waals surface area contributed by atoms with Gasteiger partial charge in [0.25, 0.3) is 0 Å². The second-order valence-corrected chi connectivity index (χ2v) is 5.02. The summed E-state index contributed by atoms with van der Waals surface area (Å²) in [7, 11) is 0. The number of hydrazine groups is 1. The highest BCUT2D eigenvalue weighted by Crippen LogP contribution is 2.24. The fourth-order valence-corrected chi connectivity index (χ4v) is 2.27. The van der Waals surface area contributed by atoms with Crippen LogP contribution >= 0.6 is 11.3 Å². The smallest absolute Gasteiger partial charge is 0.281 e. The van der Waals surface area contributed by atoms with E-state index in [2.05, 4.69) is 36.3 Å². The Labute approximate surface area is 129 Å². The van der Waals surface area contributed by atoms with Gasteiger partial charge in [0.2, 0.25) is 5.13 Å². The third-order valence-corrected chi connectivity index (χ3v) is 3.36. The molecular weight excluding hydrogens is 302 g/mol. The molecule has 3 heterocycles. The van der Waals surface area contributed by atoms with Crippen LogP contribution in [0.5, 0.6) is 0 Å². The number of carbonyl (C=O) groups excluding carboxylic acids is 1. The molecule has 0 radical (unpaired) electrons. The minimum absolute atomic E-state index is 0.376. The maximum absolute atomic E-state index is 11.7. The number of nitrogens with zero attached hydrogens (tertiary/aromatic N) is 4. The Hall–Kier alpha value is -3.07. The number of rotatable bonds is 4. The van der Waals surface area contributed by atoms with Crippen molar-refractivity contribution >= 4 is 28.3 Å². The van der Waals surface area contributed by atoms with Crippen molar-refractivity contribution in [1.82, 2.24) is 25.6 Å². The van der Waals surface area contributed by atoms with Crippen LogP contribution in [0, 0.1) is 0 Å². The first-order valence-corrected chi connectivity index (χ1v) is 7.12. The molecule has 0 bridgehead atoms. The summed E-state index contributed by atoms with van der Waals surface area (Å²) in [5, 5.41) is 11.5. The van der Waals surface area contributed by atoms with E-state index in [1.807, 2.05) is 18.2 Å². The molecule has 0 aliphatic carbocycles. The van der Waals surface area contributed by atoms with Crippen molar-refractivity contribution < 1.29 is 4.79 Å². The quantitative estimate of drug-likeness (QED) is 0.637. The molecule has 2 amide bonds. The topological polar surface area (TPSA) is 105 Å². The lowest BCUT2D eigenvalue weighted by atomic mass is 10.4. The molecule has 3 rings (SSSR count). The zero-order valence-corrected chi connectivity index (χ0v) is 12.0. The summed E-state index contributed by atoms with van der Waals surface area (Å²) in [6.07, 6.45) is 3.29. The number of hydrogen-bond acceptors (Lipinski definition) is 7. The highest BCUT2D eigenvalue weighted by molar-refractivity contribution is 7.18. The third kappa shape index (κ3) is 3.52. The minimum Gasteiger partial charge on any atom is -0.281 e. The Morgan fingerprint density at radius 2 is 1.82 bits per heavy atom. The molecule has 3 aromatic rings. The first kappa shape index (κ1) is 13.9. The van der Waals surface area contributed by atoms with Crippen LogP contribution in [-0.4, -0.2) is 26.2 Å². The molecule has 0 unspecified atom stereocenters. The summed E-state index contributed by atoms with van der Waals surface area (Å²) in [5.74, 6) is 0.532. The molecule has 9 heteroatoms. The molecule has 0 aliphatic rings. The number of nitrogens with one attached hydrogen (secondary N) is 3. The number of hydrogen-bond donors (Lipinski definition) is 3. The van der Waals surface area contributed by atoms with Gasteiger partial charge in [0, 0.05) is 12.4 Å². The molecule has 0 saturated carbocycles. The van der Waals surface area contributed by atoms with Gasteiger partial charge in [-0.3, -0.25) is 15.7 Å². The van der Waals surface area contributed by atoms with Gasteiger partial charge in [-0.2, -0.15) is 0 Å². The molecule has 3 aromatic heterocycles. The van der Waals surface area contributed by atoms with Crippen LogP contribution in [0.15, 0.2) is 48.8 Å². The van der Waals surface area contributed by atoms with Crippen molar-refractivity contribution in [2.75, 3.05) is 10.7 Å². The zero-order valence-electron chi connectivity index (χ0n) is 11.2. The second-order valence-electron chi connectivity index (χ2n) is 4.05. The van der Waals surface area contributed by atoms with Crippen LogP contribution in [0.3, 0.4) is 0 Å². The Kier molecular flexibility index (Phi) is 4.16. The molecule has 0 atom stereocenters. The first-order valence-electron chi connectivity index (χ1n) is 6.30. The van der Waals surface area contributed by atoms with Gasteiger partial charge in [-0.05, 0) is 24.3 Å². The minimum atomic E-state index is -0.464. The lowest BCUT2D eigenvalue weighted by Crippen LogP contribution is -2.33. The summed E-state index contributed by atoms with van der Waals surface area (Å²) >= 11 is 1.24. The van der Waals surface area contributed by atoms with Gasteiger partial charge in [-0.25, -0.2) is 15.2 Å².